The zero-order valence-electron chi connectivity index (χ0n) is 8.79. The molecule has 0 aromatic carbocycles. The van der Waals surface area contributed by atoms with Gasteiger partial charge >= 0.3 is 0 Å². The summed E-state index contributed by atoms with van der Waals surface area (Å²) in [5.41, 5.74) is 0. The number of sulfonamides is 1. The molecule has 0 aliphatic carbocycles. The van der Waals surface area contributed by atoms with Gasteiger partial charge in [0, 0.05) is 19.6 Å². The Labute approximate surface area is 85.5 Å². The first-order valence-corrected chi connectivity index (χ1v) is 6.59. The molecular formula is C8H19FN2O2S. The number of halogens is 1. The molecular weight excluding hydrogens is 207 g/mol. The van der Waals surface area contributed by atoms with Gasteiger partial charge in [0.2, 0.25) is 10.0 Å². The van der Waals surface area contributed by atoms with Gasteiger partial charge in [-0.3, -0.25) is 0 Å². The molecule has 86 valence electrons. The molecule has 0 atom stereocenters. The van der Waals surface area contributed by atoms with Crippen LogP contribution in [-0.2, 0) is 10.0 Å². The van der Waals surface area contributed by atoms with E-state index in [1.165, 1.54) is 10.6 Å². The van der Waals surface area contributed by atoms with Gasteiger partial charge in [-0.2, -0.15) is 0 Å². The smallest absolute Gasteiger partial charge is 0.211 e. The Morgan fingerprint density at radius 1 is 1.36 bits per heavy atom. The van der Waals surface area contributed by atoms with Crippen LogP contribution in [0.5, 0.6) is 0 Å². The highest BCUT2D eigenvalue weighted by Crippen LogP contribution is 1.97. The first-order chi connectivity index (χ1) is 6.52. The SMILES string of the molecule is CCN(CCCNCCF)S(C)(=O)=O. The normalized spacial score (nSPS) is 12.3. The van der Waals surface area contributed by atoms with Crippen molar-refractivity contribution in [2.24, 2.45) is 0 Å². The summed E-state index contributed by atoms with van der Waals surface area (Å²) in [7, 11) is -3.08. The van der Waals surface area contributed by atoms with E-state index in [4.69, 9.17) is 0 Å². The van der Waals surface area contributed by atoms with Crippen LogP contribution in [0, 0.1) is 0 Å². The highest BCUT2D eigenvalue weighted by Gasteiger charge is 2.12. The second kappa shape index (κ2) is 7.14. The van der Waals surface area contributed by atoms with E-state index in [2.05, 4.69) is 5.32 Å². The number of alkyl halides is 1. The third kappa shape index (κ3) is 6.28. The molecule has 0 amide bonds. The molecule has 0 unspecified atom stereocenters. The predicted molar refractivity (Wildman–Crippen MR) is 55.6 cm³/mol. The Kier molecular flexibility index (Phi) is 7.04. The maximum atomic E-state index is 11.7. The molecule has 0 spiro atoms. The number of nitrogens with one attached hydrogen (secondary N) is 1. The fourth-order valence-electron chi connectivity index (χ4n) is 1.13. The van der Waals surface area contributed by atoms with Crippen LogP contribution in [0.4, 0.5) is 4.39 Å². The first-order valence-electron chi connectivity index (χ1n) is 4.74. The molecule has 6 heteroatoms. The van der Waals surface area contributed by atoms with Crippen molar-refractivity contribution < 1.29 is 12.8 Å². The minimum absolute atomic E-state index is 0.338. The molecule has 0 aromatic heterocycles. The third-order valence-corrected chi connectivity index (χ3v) is 3.23. The lowest BCUT2D eigenvalue weighted by Crippen LogP contribution is -2.32. The van der Waals surface area contributed by atoms with Gasteiger partial charge in [0.1, 0.15) is 6.67 Å². The number of nitrogens with zero attached hydrogens (tertiary/aromatic N) is 1. The summed E-state index contributed by atoms with van der Waals surface area (Å²) in [6, 6.07) is 0. The lowest BCUT2D eigenvalue weighted by atomic mass is 10.4. The Bertz CT molecular complexity index is 231. The van der Waals surface area contributed by atoms with Gasteiger partial charge < -0.3 is 5.32 Å². The minimum atomic E-state index is -3.08. The van der Waals surface area contributed by atoms with Crippen molar-refractivity contribution in [1.29, 1.82) is 0 Å². The molecule has 0 rings (SSSR count). The number of hydrogen-bond acceptors (Lipinski definition) is 3. The van der Waals surface area contributed by atoms with Crippen LogP contribution in [0.1, 0.15) is 13.3 Å². The topological polar surface area (TPSA) is 49.4 Å². The fourth-order valence-corrected chi connectivity index (χ4v) is 2.06. The number of rotatable bonds is 8. The van der Waals surface area contributed by atoms with Crippen LogP contribution in [0.25, 0.3) is 0 Å². The summed E-state index contributed by atoms with van der Waals surface area (Å²) in [5.74, 6) is 0. The van der Waals surface area contributed by atoms with Gasteiger partial charge in [0.25, 0.3) is 0 Å². The van der Waals surface area contributed by atoms with E-state index in [9.17, 15) is 12.8 Å². The molecule has 4 nitrogen and oxygen atoms in total. The van der Waals surface area contributed by atoms with Crippen LogP contribution in [0.2, 0.25) is 0 Å². The number of hydrogen-bond donors (Lipinski definition) is 1. The highest BCUT2D eigenvalue weighted by molar-refractivity contribution is 7.88. The largest absolute Gasteiger partial charge is 0.314 e. The maximum Gasteiger partial charge on any atom is 0.211 e. The van der Waals surface area contributed by atoms with Gasteiger partial charge in [-0.15, -0.1) is 0 Å². The zero-order valence-corrected chi connectivity index (χ0v) is 9.61. The first kappa shape index (κ1) is 13.8. The van der Waals surface area contributed by atoms with Gasteiger partial charge in [-0.1, -0.05) is 6.92 Å². The third-order valence-electron chi connectivity index (χ3n) is 1.85. The van der Waals surface area contributed by atoms with E-state index < -0.39 is 10.0 Å². The Hall–Kier alpha value is -0.200. The minimum Gasteiger partial charge on any atom is -0.314 e. The molecule has 0 aliphatic rings. The maximum absolute atomic E-state index is 11.7. The van der Waals surface area contributed by atoms with E-state index in [0.717, 1.165) is 0 Å². The van der Waals surface area contributed by atoms with Crippen molar-refractivity contribution >= 4 is 10.0 Å². The Morgan fingerprint density at radius 3 is 2.43 bits per heavy atom. The fraction of sp³-hybridized carbons (Fsp3) is 1.00. The summed E-state index contributed by atoms with van der Waals surface area (Å²) >= 11 is 0. The lowest BCUT2D eigenvalue weighted by Gasteiger charge is -2.17. The average Bonchev–Trinajstić information content (AvgIpc) is 2.09. The molecule has 1 N–H and O–H groups in total. The zero-order chi connectivity index (χ0) is 11.0. The quantitative estimate of drug-likeness (QED) is 0.602. The van der Waals surface area contributed by atoms with E-state index in [0.29, 0.717) is 32.6 Å². The Balaban J connectivity index is 3.65. The second-order valence-corrected chi connectivity index (χ2v) is 5.03. The predicted octanol–water partition coefficient (Wildman–Crippen LogP) is 0.217. The Morgan fingerprint density at radius 2 is 2.00 bits per heavy atom. The molecule has 0 saturated carbocycles. The standard InChI is InChI=1S/C8H19FN2O2S/c1-3-11(14(2,12)13)8-4-6-10-7-5-9/h10H,3-8H2,1-2H3. The summed E-state index contributed by atoms with van der Waals surface area (Å²) in [5, 5.41) is 2.87. The molecule has 0 bridgehead atoms. The van der Waals surface area contributed by atoms with Crippen molar-refractivity contribution in [3.63, 3.8) is 0 Å². The molecule has 0 radical (unpaired) electrons. The van der Waals surface area contributed by atoms with E-state index in [1.807, 2.05) is 0 Å². The van der Waals surface area contributed by atoms with Crippen molar-refractivity contribution in [3.8, 4) is 0 Å². The van der Waals surface area contributed by atoms with E-state index in [-0.39, 0.29) is 6.67 Å². The van der Waals surface area contributed by atoms with E-state index in [1.54, 1.807) is 6.92 Å². The molecule has 0 aromatic rings. The molecule has 0 fully saturated rings. The van der Waals surface area contributed by atoms with Crippen molar-refractivity contribution in [3.05, 3.63) is 0 Å². The summed E-state index contributed by atoms with van der Waals surface area (Å²) in [4.78, 5) is 0. The van der Waals surface area contributed by atoms with Crippen molar-refractivity contribution in [2.75, 3.05) is 39.1 Å². The van der Waals surface area contributed by atoms with Gasteiger partial charge in [0.05, 0.1) is 6.26 Å². The second-order valence-electron chi connectivity index (χ2n) is 3.05. The molecule has 0 heterocycles. The summed E-state index contributed by atoms with van der Waals surface area (Å²) in [6.07, 6.45) is 1.91. The average molecular weight is 226 g/mol. The van der Waals surface area contributed by atoms with Crippen molar-refractivity contribution in [2.45, 2.75) is 13.3 Å². The monoisotopic (exact) mass is 226 g/mol. The summed E-state index contributed by atoms with van der Waals surface area (Å²) < 4.78 is 35.3. The highest BCUT2D eigenvalue weighted by atomic mass is 32.2. The molecule has 0 aliphatic heterocycles. The van der Waals surface area contributed by atoms with Gasteiger partial charge in [0.15, 0.2) is 0 Å². The van der Waals surface area contributed by atoms with Crippen LogP contribution in [0.15, 0.2) is 0 Å². The van der Waals surface area contributed by atoms with Crippen LogP contribution < -0.4 is 5.32 Å². The van der Waals surface area contributed by atoms with Gasteiger partial charge in [-0.05, 0) is 13.0 Å². The van der Waals surface area contributed by atoms with Crippen LogP contribution in [0.3, 0.4) is 0 Å². The van der Waals surface area contributed by atoms with Gasteiger partial charge in [-0.25, -0.2) is 17.1 Å². The molecule has 14 heavy (non-hydrogen) atoms. The lowest BCUT2D eigenvalue weighted by molar-refractivity contribution is 0.411. The summed E-state index contributed by atoms with van der Waals surface area (Å²) in [6.45, 7) is 3.39. The molecule has 0 saturated heterocycles. The van der Waals surface area contributed by atoms with E-state index >= 15 is 0 Å². The van der Waals surface area contributed by atoms with Crippen molar-refractivity contribution in [1.82, 2.24) is 9.62 Å². The van der Waals surface area contributed by atoms with Crippen LogP contribution >= 0.6 is 0 Å². The van der Waals surface area contributed by atoms with Crippen LogP contribution in [-0.4, -0.2) is 51.8 Å².